The smallest absolute Gasteiger partial charge is 0.223 e. The maximum Gasteiger partial charge on any atom is 0.223 e. The lowest BCUT2D eigenvalue weighted by molar-refractivity contribution is -0.126. The minimum atomic E-state index is 0.0187. The molecule has 0 aliphatic heterocycles. The third-order valence-corrected chi connectivity index (χ3v) is 3.84. The fraction of sp³-hybridized carbons (Fsp3) is 0.917. The Bertz CT molecular complexity index is 224. The number of carbonyl (C=O) groups is 1. The van der Waals surface area contributed by atoms with Crippen molar-refractivity contribution in [3.63, 3.8) is 0 Å². The van der Waals surface area contributed by atoms with Gasteiger partial charge in [0, 0.05) is 17.9 Å². The van der Waals surface area contributed by atoms with Crippen molar-refractivity contribution >= 4 is 5.91 Å². The highest BCUT2D eigenvalue weighted by Crippen LogP contribution is 2.44. The molecular formula is C12H23NO2. The van der Waals surface area contributed by atoms with Gasteiger partial charge in [-0.05, 0) is 18.8 Å². The summed E-state index contributed by atoms with van der Waals surface area (Å²) in [4.78, 5) is 11.7. The maximum absolute atomic E-state index is 11.7. The number of aliphatic hydroxyl groups excluding tert-OH is 1. The number of nitrogens with one attached hydrogen (secondary N) is 1. The van der Waals surface area contributed by atoms with Gasteiger partial charge in [-0.15, -0.1) is 0 Å². The molecule has 2 unspecified atom stereocenters. The summed E-state index contributed by atoms with van der Waals surface area (Å²) in [5.74, 6) is 0.628. The van der Waals surface area contributed by atoms with Crippen molar-refractivity contribution in [1.82, 2.24) is 5.32 Å². The second-order valence-corrected chi connectivity index (χ2v) is 5.05. The first-order chi connectivity index (χ1) is 7.04. The molecule has 1 rings (SSSR count). The van der Waals surface area contributed by atoms with E-state index in [-0.39, 0.29) is 23.8 Å². The van der Waals surface area contributed by atoms with E-state index in [2.05, 4.69) is 19.2 Å². The predicted molar refractivity (Wildman–Crippen MR) is 60.4 cm³/mol. The zero-order valence-electron chi connectivity index (χ0n) is 10.0. The van der Waals surface area contributed by atoms with Crippen LogP contribution in [-0.2, 0) is 4.79 Å². The fourth-order valence-corrected chi connectivity index (χ4v) is 1.62. The zero-order chi connectivity index (χ0) is 11.5. The monoisotopic (exact) mass is 213 g/mol. The van der Waals surface area contributed by atoms with Gasteiger partial charge in [0.1, 0.15) is 0 Å². The van der Waals surface area contributed by atoms with E-state index in [4.69, 9.17) is 5.11 Å². The molecule has 1 amide bonds. The summed E-state index contributed by atoms with van der Waals surface area (Å²) >= 11 is 0. The molecule has 3 heteroatoms. The molecule has 0 bridgehead atoms. The van der Waals surface area contributed by atoms with Gasteiger partial charge in [-0.3, -0.25) is 4.79 Å². The highest BCUT2D eigenvalue weighted by atomic mass is 16.3. The van der Waals surface area contributed by atoms with Crippen LogP contribution in [0.25, 0.3) is 0 Å². The van der Waals surface area contributed by atoms with Crippen molar-refractivity contribution < 1.29 is 9.90 Å². The van der Waals surface area contributed by atoms with Crippen LogP contribution in [0.5, 0.6) is 0 Å². The number of carbonyl (C=O) groups excluding carboxylic acids is 1. The molecule has 0 aromatic rings. The highest BCUT2D eigenvalue weighted by molar-refractivity contribution is 5.78. The molecule has 0 aromatic carbocycles. The Balaban J connectivity index is 2.29. The van der Waals surface area contributed by atoms with Crippen LogP contribution in [-0.4, -0.2) is 24.2 Å². The first-order valence-electron chi connectivity index (χ1n) is 5.93. The van der Waals surface area contributed by atoms with Crippen LogP contribution < -0.4 is 5.32 Å². The summed E-state index contributed by atoms with van der Waals surface area (Å²) in [7, 11) is 0. The van der Waals surface area contributed by atoms with E-state index in [1.54, 1.807) is 0 Å². The number of rotatable bonds is 6. The minimum absolute atomic E-state index is 0.0187. The van der Waals surface area contributed by atoms with Crippen LogP contribution in [0.2, 0.25) is 0 Å². The molecule has 1 aliphatic rings. The standard InChI is InChI=1S/C12H23NO2/c1-4-9(2)10(3)11(15)13-7-12(8-14)5-6-12/h9-10,14H,4-8H2,1-3H3,(H,13,15). The quantitative estimate of drug-likeness (QED) is 0.703. The molecule has 1 saturated carbocycles. The Morgan fingerprint density at radius 3 is 2.47 bits per heavy atom. The van der Waals surface area contributed by atoms with Gasteiger partial charge in [0.2, 0.25) is 5.91 Å². The lowest BCUT2D eigenvalue weighted by atomic mass is 9.92. The molecule has 0 spiro atoms. The van der Waals surface area contributed by atoms with E-state index >= 15 is 0 Å². The SMILES string of the molecule is CCC(C)C(C)C(=O)NCC1(CO)CC1. The third kappa shape index (κ3) is 3.20. The molecule has 2 N–H and O–H groups in total. The van der Waals surface area contributed by atoms with Crippen molar-refractivity contribution in [2.75, 3.05) is 13.2 Å². The zero-order valence-corrected chi connectivity index (χ0v) is 10.0. The van der Waals surface area contributed by atoms with Crippen LogP contribution >= 0.6 is 0 Å². The predicted octanol–water partition coefficient (Wildman–Crippen LogP) is 1.56. The van der Waals surface area contributed by atoms with E-state index in [0.717, 1.165) is 19.3 Å². The van der Waals surface area contributed by atoms with Crippen molar-refractivity contribution in [3.8, 4) is 0 Å². The third-order valence-electron chi connectivity index (χ3n) is 3.84. The first-order valence-corrected chi connectivity index (χ1v) is 5.93. The van der Waals surface area contributed by atoms with E-state index < -0.39 is 0 Å². The maximum atomic E-state index is 11.7. The number of hydrogen-bond donors (Lipinski definition) is 2. The fourth-order valence-electron chi connectivity index (χ4n) is 1.62. The molecule has 15 heavy (non-hydrogen) atoms. The van der Waals surface area contributed by atoms with E-state index in [1.807, 2.05) is 6.92 Å². The number of hydrogen-bond acceptors (Lipinski definition) is 2. The Morgan fingerprint density at radius 2 is 2.07 bits per heavy atom. The molecule has 0 radical (unpaired) electrons. The van der Waals surface area contributed by atoms with Gasteiger partial charge in [0.05, 0.1) is 6.61 Å². The van der Waals surface area contributed by atoms with Gasteiger partial charge in [-0.1, -0.05) is 27.2 Å². The summed E-state index contributed by atoms with van der Waals surface area (Å²) in [5, 5.41) is 12.1. The Labute approximate surface area is 92.3 Å². The molecule has 1 aliphatic carbocycles. The van der Waals surface area contributed by atoms with Crippen LogP contribution in [0.3, 0.4) is 0 Å². The topological polar surface area (TPSA) is 49.3 Å². The molecule has 0 aromatic heterocycles. The van der Waals surface area contributed by atoms with Crippen molar-refractivity contribution in [1.29, 1.82) is 0 Å². The lowest BCUT2D eigenvalue weighted by Gasteiger charge is -2.20. The summed E-state index contributed by atoms with van der Waals surface area (Å²) in [6, 6.07) is 0. The van der Waals surface area contributed by atoms with Crippen molar-refractivity contribution in [2.24, 2.45) is 17.3 Å². The van der Waals surface area contributed by atoms with Gasteiger partial charge < -0.3 is 10.4 Å². The van der Waals surface area contributed by atoms with Crippen LogP contribution in [0.15, 0.2) is 0 Å². The average Bonchev–Trinajstić information content (AvgIpc) is 3.04. The van der Waals surface area contributed by atoms with Crippen LogP contribution in [0.4, 0.5) is 0 Å². The van der Waals surface area contributed by atoms with Gasteiger partial charge in [-0.25, -0.2) is 0 Å². The molecule has 88 valence electrons. The summed E-state index contributed by atoms with van der Waals surface area (Å²) in [6.45, 7) is 7.02. The molecule has 1 fully saturated rings. The van der Waals surface area contributed by atoms with E-state index in [1.165, 1.54) is 0 Å². The van der Waals surface area contributed by atoms with Gasteiger partial charge in [0.15, 0.2) is 0 Å². The molecule has 0 saturated heterocycles. The van der Waals surface area contributed by atoms with Gasteiger partial charge in [0.25, 0.3) is 0 Å². The molecule has 3 nitrogen and oxygen atoms in total. The van der Waals surface area contributed by atoms with Crippen molar-refractivity contribution in [2.45, 2.75) is 40.0 Å². The van der Waals surface area contributed by atoms with Crippen molar-refractivity contribution in [3.05, 3.63) is 0 Å². The van der Waals surface area contributed by atoms with Crippen LogP contribution in [0, 0.1) is 17.3 Å². The Hall–Kier alpha value is -0.570. The Kier molecular flexibility index (Phi) is 4.14. The number of aliphatic hydroxyl groups is 1. The highest BCUT2D eigenvalue weighted by Gasteiger charge is 2.42. The van der Waals surface area contributed by atoms with Crippen LogP contribution in [0.1, 0.15) is 40.0 Å². The minimum Gasteiger partial charge on any atom is -0.396 e. The normalized spacial score (nSPS) is 21.9. The van der Waals surface area contributed by atoms with E-state index in [0.29, 0.717) is 12.5 Å². The summed E-state index contributed by atoms with van der Waals surface area (Å²) in [5.41, 5.74) is 0.0187. The van der Waals surface area contributed by atoms with Gasteiger partial charge >= 0.3 is 0 Å². The number of amides is 1. The Morgan fingerprint density at radius 1 is 1.47 bits per heavy atom. The molecule has 0 heterocycles. The second-order valence-electron chi connectivity index (χ2n) is 5.05. The largest absolute Gasteiger partial charge is 0.396 e. The molecular weight excluding hydrogens is 190 g/mol. The molecule has 2 atom stereocenters. The lowest BCUT2D eigenvalue weighted by Crippen LogP contribution is -2.37. The second kappa shape index (κ2) is 4.97. The van der Waals surface area contributed by atoms with Gasteiger partial charge in [-0.2, -0.15) is 0 Å². The average molecular weight is 213 g/mol. The summed E-state index contributed by atoms with van der Waals surface area (Å²) in [6.07, 6.45) is 3.11. The van der Waals surface area contributed by atoms with E-state index in [9.17, 15) is 4.79 Å². The summed E-state index contributed by atoms with van der Waals surface area (Å²) < 4.78 is 0. The first kappa shape index (κ1) is 12.5.